The highest BCUT2D eigenvalue weighted by Gasteiger charge is 2.19. The Labute approximate surface area is 171 Å². The Morgan fingerprint density at radius 2 is 2.00 bits per heavy atom. The van der Waals surface area contributed by atoms with Gasteiger partial charge < -0.3 is 10.2 Å². The van der Waals surface area contributed by atoms with Crippen LogP contribution in [0, 0.1) is 0 Å². The average Bonchev–Trinajstić information content (AvgIpc) is 3.35. The van der Waals surface area contributed by atoms with Gasteiger partial charge in [-0.25, -0.2) is 4.98 Å². The molecule has 0 aliphatic carbocycles. The van der Waals surface area contributed by atoms with E-state index in [-0.39, 0.29) is 11.8 Å². The highest BCUT2D eigenvalue weighted by molar-refractivity contribution is 7.15. The number of fused-ring (bicyclic) bond motifs is 1. The molecule has 0 saturated heterocycles. The number of benzene rings is 1. The maximum atomic E-state index is 12.5. The molecule has 2 N–H and O–H groups in total. The Morgan fingerprint density at radius 1 is 1.18 bits per heavy atom. The standard InChI is InChI=1S/C20H20N4O2S2/c1-24-9-8-15-17(12-24)28-20(22-15)23-18(25)14-6-4-13(5-7-14)11-21-19(26)16-3-2-10-27-16/h2-7,10H,8-9,11-12H2,1H3,(H,21,26)(H,22,23,25). The third-order valence-corrected chi connectivity index (χ3v) is 6.42. The molecule has 0 bridgehead atoms. The number of likely N-dealkylation sites (N-methyl/N-ethyl adjacent to an activating group) is 1. The van der Waals surface area contributed by atoms with E-state index >= 15 is 0 Å². The van der Waals surface area contributed by atoms with E-state index < -0.39 is 0 Å². The Balaban J connectivity index is 1.34. The van der Waals surface area contributed by atoms with Crippen molar-refractivity contribution in [2.45, 2.75) is 19.5 Å². The molecular formula is C20H20N4O2S2. The second-order valence-electron chi connectivity index (χ2n) is 6.69. The summed E-state index contributed by atoms with van der Waals surface area (Å²) in [5, 5.41) is 8.30. The van der Waals surface area contributed by atoms with E-state index in [9.17, 15) is 9.59 Å². The molecule has 1 aliphatic heterocycles. The molecule has 3 aromatic rings. The summed E-state index contributed by atoms with van der Waals surface area (Å²) in [6.07, 6.45) is 0.921. The van der Waals surface area contributed by atoms with E-state index in [1.54, 1.807) is 29.5 Å². The molecule has 0 radical (unpaired) electrons. The van der Waals surface area contributed by atoms with E-state index in [1.165, 1.54) is 16.2 Å². The van der Waals surface area contributed by atoms with Gasteiger partial charge in [-0.15, -0.1) is 22.7 Å². The number of hydrogen-bond acceptors (Lipinski definition) is 6. The molecule has 2 aromatic heterocycles. The van der Waals surface area contributed by atoms with Crippen LogP contribution < -0.4 is 10.6 Å². The Bertz CT molecular complexity index is 980. The minimum Gasteiger partial charge on any atom is -0.347 e. The molecule has 0 atom stereocenters. The van der Waals surface area contributed by atoms with E-state index in [0.29, 0.717) is 22.1 Å². The lowest BCUT2D eigenvalue weighted by Crippen LogP contribution is -2.25. The summed E-state index contributed by atoms with van der Waals surface area (Å²) in [6.45, 7) is 2.30. The lowest BCUT2D eigenvalue weighted by atomic mass is 10.1. The molecule has 2 amide bonds. The highest BCUT2D eigenvalue weighted by Crippen LogP contribution is 2.28. The number of hydrogen-bond donors (Lipinski definition) is 2. The van der Waals surface area contributed by atoms with Crippen LogP contribution in [0.4, 0.5) is 5.13 Å². The molecule has 0 saturated carbocycles. The Hall–Kier alpha value is -2.55. The van der Waals surface area contributed by atoms with Gasteiger partial charge in [0.1, 0.15) is 0 Å². The number of carbonyl (C=O) groups excluding carboxylic acids is 2. The first-order chi connectivity index (χ1) is 13.6. The summed E-state index contributed by atoms with van der Waals surface area (Å²) >= 11 is 2.95. The van der Waals surface area contributed by atoms with Crippen molar-refractivity contribution in [1.82, 2.24) is 15.2 Å². The monoisotopic (exact) mass is 412 g/mol. The zero-order valence-electron chi connectivity index (χ0n) is 15.4. The third-order valence-electron chi connectivity index (χ3n) is 4.56. The number of thiophene rings is 1. The number of nitrogens with zero attached hydrogens (tertiary/aromatic N) is 2. The second kappa shape index (κ2) is 8.22. The fourth-order valence-electron chi connectivity index (χ4n) is 3.00. The van der Waals surface area contributed by atoms with Gasteiger partial charge in [-0.1, -0.05) is 18.2 Å². The molecule has 0 spiro atoms. The van der Waals surface area contributed by atoms with Crippen LogP contribution in [0.25, 0.3) is 0 Å². The minimum atomic E-state index is -0.173. The molecule has 0 unspecified atom stereocenters. The summed E-state index contributed by atoms with van der Waals surface area (Å²) in [7, 11) is 2.09. The van der Waals surface area contributed by atoms with Crippen molar-refractivity contribution in [2.75, 3.05) is 18.9 Å². The third kappa shape index (κ3) is 4.30. The lowest BCUT2D eigenvalue weighted by Gasteiger charge is -2.20. The highest BCUT2D eigenvalue weighted by atomic mass is 32.1. The van der Waals surface area contributed by atoms with Gasteiger partial charge in [-0.3, -0.25) is 14.9 Å². The van der Waals surface area contributed by atoms with Crippen LogP contribution in [0.3, 0.4) is 0 Å². The van der Waals surface area contributed by atoms with Crippen molar-refractivity contribution in [1.29, 1.82) is 0 Å². The fourth-order valence-corrected chi connectivity index (χ4v) is 4.72. The Kier molecular flexibility index (Phi) is 5.52. The zero-order chi connectivity index (χ0) is 19.5. The van der Waals surface area contributed by atoms with Gasteiger partial charge in [0.2, 0.25) is 0 Å². The maximum absolute atomic E-state index is 12.5. The van der Waals surface area contributed by atoms with Crippen molar-refractivity contribution in [2.24, 2.45) is 0 Å². The number of amides is 2. The number of rotatable bonds is 5. The van der Waals surface area contributed by atoms with Crippen LogP contribution in [0.5, 0.6) is 0 Å². The molecule has 0 fully saturated rings. The molecule has 144 valence electrons. The molecule has 1 aromatic carbocycles. The van der Waals surface area contributed by atoms with Crippen molar-refractivity contribution in [3.8, 4) is 0 Å². The Morgan fingerprint density at radius 3 is 2.75 bits per heavy atom. The van der Waals surface area contributed by atoms with Crippen LogP contribution >= 0.6 is 22.7 Å². The SMILES string of the molecule is CN1CCc2nc(NC(=O)c3ccc(CNC(=O)c4cccs4)cc3)sc2C1. The van der Waals surface area contributed by atoms with Crippen LogP contribution in [-0.4, -0.2) is 35.3 Å². The molecule has 28 heavy (non-hydrogen) atoms. The number of carbonyl (C=O) groups is 2. The van der Waals surface area contributed by atoms with Crippen molar-refractivity contribution < 1.29 is 9.59 Å². The van der Waals surface area contributed by atoms with Crippen LogP contribution in [0.1, 0.15) is 36.2 Å². The normalized spacial score (nSPS) is 13.8. The number of nitrogens with one attached hydrogen (secondary N) is 2. The van der Waals surface area contributed by atoms with Crippen molar-refractivity contribution >= 4 is 39.6 Å². The first kappa shape index (κ1) is 18.8. The summed E-state index contributed by atoms with van der Waals surface area (Å²) < 4.78 is 0. The molecular weight excluding hydrogens is 392 g/mol. The summed E-state index contributed by atoms with van der Waals surface area (Å²) in [5.41, 5.74) is 2.60. The van der Waals surface area contributed by atoms with Gasteiger partial charge in [0, 0.05) is 36.5 Å². The van der Waals surface area contributed by atoms with Gasteiger partial charge in [0.25, 0.3) is 11.8 Å². The van der Waals surface area contributed by atoms with Gasteiger partial charge >= 0.3 is 0 Å². The summed E-state index contributed by atoms with van der Waals surface area (Å²) in [6, 6.07) is 10.9. The average molecular weight is 413 g/mol. The number of thiazole rings is 1. The van der Waals surface area contributed by atoms with Gasteiger partial charge in [0.05, 0.1) is 10.6 Å². The van der Waals surface area contributed by atoms with E-state index in [2.05, 4.69) is 27.6 Å². The maximum Gasteiger partial charge on any atom is 0.261 e. The molecule has 1 aliphatic rings. The molecule has 6 nitrogen and oxygen atoms in total. The van der Waals surface area contributed by atoms with E-state index in [4.69, 9.17) is 0 Å². The zero-order valence-corrected chi connectivity index (χ0v) is 17.0. The lowest BCUT2D eigenvalue weighted by molar-refractivity contribution is 0.0953. The number of aromatic nitrogens is 1. The summed E-state index contributed by atoms with van der Waals surface area (Å²) in [4.78, 5) is 33.2. The summed E-state index contributed by atoms with van der Waals surface area (Å²) in [5.74, 6) is -0.260. The van der Waals surface area contributed by atoms with Crippen LogP contribution in [0.2, 0.25) is 0 Å². The smallest absolute Gasteiger partial charge is 0.261 e. The fraction of sp³-hybridized carbons (Fsp3) is 0.250. The molecule has 4 rings (SSSR count). The predicted octanol–water partition coefficient (Wildman–Crippen LogP) is 3.37. The van der Waals surface area contributed by atoms with Crippen molar-refractivity contribution in [3.63, 3.8) is 0 Å². The second-order valence-corrected chi connectivity index (χ2v) is 8.72. The van der Waals surface area contributed by atoms with Gasteiger partial charge in [0.15, 0.2) is 5.13 Å². The molecule has 3 heterocycles. The molecule has 8 heteroatoms. The number of anilines is 1. The first-order valence-corrected chi connectivity index (χ1v) is 10.7. The first-order valence-electron chi connectivity index (χ1n) is 8.97. The van der Waals surface area contributed by atoms with Gasteiger partial charge in [-0.2, -0.15) is 0 Å². The van der Waals surface area contributed by atoms with Crippen LogP contribution in [0.15, 0.2) is 41.8 Å². The van der Waals surface area contributed by atoms with Crippen molar-refractivity contribution in [3.05, 3.63) is 68.4 Å². The minimum absolute atomic E-state index is 0.0878. The predicted molar refractivity (Wildman–Crippen MR) is 112 cm³/mol. The van der Waals surface area contributed by atoms with Crippen LogP contribution in [-0.2, 0) is 19.5 Å². The largest absolute Gasteiger partial charge is 0.347 e. The topological polar surface area (TPSA) is 74.3 Å². The van der Waals surface area contributed by atoms with Gasteiger partial charge in [-0.05, 0) is 36.2 Å². The van der Waals surface area contributed by atoms with E-state index in [1.807, 2.05) is 23.6 Å². The van der Waals surface area contributed by atoms with E-state index in [0.717, 1.165) is 30.8 Å². The quantitative estimate of drug-likeness (QED) is 0.674.